The van der Waals surface area contributed by atoms with Crippen molar-refractivity contribution < 1.29 is 9.90 Å². The van der Waals surface area contributed by atoms with Gasteiger partial charge >= 0.3 is 5.97 Å². The lowest BCUT2D eigenvalue weighted by molar-refractivity contribution is -0.142. The Labute approximate surface area is 89.1 Å². The highest BCUT2D eigenvalue weighted by atomic mass is 16.4. The summed E-state index contributed by atoms with van der Waals surface area (Å²) in [5, 5.41) is 12.1. The number of unbranched alkanes of at least 4 members (excludes halogenated alkanes) is 3. The first-order chi connectivity index (χ1) is 7.00. The van der Waals surface area contributed by atoms with Crippen molar-refractivity contribution >= 4 is 5.97 Å². The molecule has 6 nitrogen and oxygen atoms in total. The zero-order chi connectivity index (χ0) is 11.7. The van der Waals surface area contributed by atoms with Crippen molar-refractivity contribution in [2.75, 3.05) is 6.54 Å². The van der Waals surface area contributed by atoms with Gasteiger partial charge in [-0.2, -0.15) is 0 Å². The van der Waals surface area contributed by atoms with E-state index in [2.05, 4.69) is 10.0 Å². The number of hydrogen-bond acceptors (Lipinski definition) is 3. The maximum atomic E-state index is 10.6. The smallest absolute Gasteiger partial charge is 0.323 e. The summed E-state index contributed by atoms with van der Waals surface area (Å²) in [5.41, 5.74) is 12.4. The molecule has 6 heteroatoms. The van der Waals surface area contributed by atoms with Gasteiger partial charge in [-0.15, -0.1) is 0 Å². The molecule has 0 saturated heterocycles. The van der Waals surface area contributed by atoms with Gasteiger partial charge in [0, 0.05) is 11.5 Å². The van der Waals surface area contributed by atoms with Crippen molar-refractivity contribution in [3.8, 4) is 0 Å². The lowest BCUT2D eigenvalue weighted by Gasteiger charge is -2.18. The summed E-state index contributed by atoms with van der Waals surface area (Å²) in [6, 6.07) is 0. The number of rotatable bonds is 8. The molecule has 0 saturated carbocycles. The third kappa shape index (κ3) is 6.76. The van der Waals surface area contributed by atoms with E-state index in [1.165, 1.54) is 6.92 Å². The van der Waals surface area contributed by atoms with Crippen LogP contribution >= 0.6 is 0 Å². The Morgan fingerprint density at radius 3 is 2.60 bits per heavy atom. The van der Waals surface area contributed by atoms with Crippen LogP contribution < -0.4 is 5.73 Å². The molecule has 0 fully saturated rings. The van der Waals surface area contributed by atoms with Crippen molar-refractivity contribution in [1.29, 1.82) is 0 Å². The number of carboxylic acid groups (broad SMARTS) is 1. The second kappa shape index (κ2) is 7.09. The van der Waals surface area contributed by atoms with Gasteiger partial charge in [0.15, 0.2) is 0 Å². The van der Waals surface area contributed by atoms with Crippen LogP contribution in [0.1, 0.15) is 39.0 Å². The fraction of sp³-hybridized carbons (Fsp3) is 0.889. The van der Waals surface area contributed by atoms with Crippen LogP contribution in [0.3, 0.4) is 0 Å². The van der Waals surface area contributed by atoms with E-state index in [1.807, 2.05) is 0 Å². The van der Waals surface area contributed by atoms with Crippen LogP contribution in [0, 0.1) is 0 Å². The number of nitrogens with zero attached hydrogens (tertiary/aromatic N) is 3. The van der Waals surface area contributed by atoms with Crippen LogP contribution in [0.4, 0.5) is 0 Å². The first-order valence-corrected chi connectivity index (χ1v) is 5.04. The van der Waals surface area contributed by atoms with Gasteiger partial charge in [0.25, 0.3) is 0 Å². The molecule has 0 aliphatic carbocycles. The van der Waals surface area contributed by atoms with E-state index in [0.717, 1.165) is 25.7 Å². The number of carboxylic acids is 1. The normalized spacial score (nSPS) is 14.0. The second-order valence-electron chi connectivity index (χ2n) is 3.84. The van der Waals surface area contributed by atoms with Crippen LogP contribution in [-0.2, 0) is 4.79 Å². The van der Waals surface area contributed by atoms with Crippen LogP contribution in [0.2, 0.25) is 0 Å². The molecular weight excluding hydrogens is 196 g/mol. The average Bonchev–Trinajstić information content (AvgIpc) is 2.16. The Morgan fingerprint density at radius 1 is 1.47 bits per heavy atom. The van der Waals surface area contributed by atoms with Gasteiger partial charge in [0.1, 0.15) is 5.54 Å². The average molecular weight is 214 g/mol. The molecule has 0 aromatic carbocycles. The maximum absolute atomic E-state index is 10.6. The molecular formula is C9H18N4O2. The summed E-state index contributed by atoms with van der Waals surface area (Å²) in [5.74, 6) is -0.961. The van der Waals surface area contributed by atoms with Gasteiger partial charge in [-0.25, -0.2) is 0 Å². The topological polar surface area (TPSA) is 112 Å². The minimum absolute atomic E-state index is 0.476. The van der Waals surface area contributed by atoms with Crippen LogP contribution in [0.25, 0.3) is 10.4 Å². The minimum atomic E-state index is -1.12. The van der Waals surface area contributed by atoms with Gasteiger partial charge in [-0.3, -0.25) is 4.79 Å². The van der Waals surface area contributed by atoms with Crippen molar-refractivity contribution in [1.82, 2.24) is 0 Å². The molecule has 0 rings (SSSR count). The zero-order valence-electron chi connectivity index (χ0n) is 9.02. The molecule has 15 heavy (non-hydrogen) atoms. The third-order valence-electron chi connectivity index (χ3n) is 2.26. The minimum Gasteiger partial charge on any atom is -0.480 e. The number of nitrogens with two attached hydrogens (primary N) is 1. The van der Waals surface area contributed by atoms with Gasteiger partial charge in [-0.1, -0.05) is 24.4 Å². The molecule has 0 aliphatic rings. The largest absolute Gasteiger partial charge is 0.480 e. The Kier molecular flexibility index (Phi) is 6.49. The van der Waals surface area contributed by atoms with Gasteiger partial charge in [0.05, 0.1) is 0 Å². The number of carbonyl (C=O) groups is 1. The Bertz CT molecular complexity index is 246. The summed E-state index contributed by atoms with van der Waals surface area (Å²) >= 11 is 0. The molecule has 0 aromatic rings. The first kappa shape index (κ1) is 13.7. The number of azide groups is 1. The lowest BCUT2D eigenvalue weighted by Crippen LogP contribution is -2.44. The van der Waals surface area contributed by atoms with E-state index < -0.39 is 11.5 Å². The molecule has 0 amide bonds. The molecule has 86 valence electrons. The SMILES string of the molecule is C[C@@](N)(CCCCCCN=[N+]=[N-])C(=O)O. The standard InChI is InChI=1S/C9H18N4O2/c1-9(10,8(14)15)6-4-2-3-5-7-12-13-11/h2-7,10H2,1H3,(H,14,15)/t9-/m1/s1. The van der Waals surface area contributed by atoms with E-state index in [4.69, 9.17) is 16.4 Å². The van der Waals surface area contributed by atoms with Crippen LogP contribution in [0.5, 0.6) is 0 Å². The highest BCUT2D eigenvalue weighted by Crippen LogP contribution is 2.12. The number of hydrogen-bond donors (Lipinski definition) is 2. The molecule has 0 unspecified atom stereocenters. The summed E-state index contributed by atoms with van der Waals surface area (Å²) < 4.78 is 0. The molecule has 0 radical (unpaired) electrons. The van der Waals surface area contributed by atoms with E-state index in [1.54, 1.807) is 0 Å². The highest BCUT2D eigenvalue weighted by Gasteiger charge is 2.26. The summed E-state index contributed by atoms with van der Waals surface area (Å²) in [4.78, 5) is 13.3. The summed E-state index contributed by atoms with van der Waals surface area (Å²) in [6.07, 6.45) is 3.97. The Hall–Kier alpha value is -1.26. The van der Waals surface area contributed by atoms with E-state index in [-0.39, 0.29) is 0 Å². The van der Waals surface area contributed by atoms with Gasteiger partial charge < -0.3 is 10.8 Å². The fourth-order valence-corrected chi connectivity index (χ4v) is 1.18. The molecule has 3 N–H and O–H groups in total. The monoisotopic (exact) mass is 214 g/mol. The van der Waals surface area contributed by atoms with Gasteiger partial charge in [-0.05, 0) is 25.3 Å². The molecule has 0 bridgehead atoms. The number of aliphatic carboxylic acids is 1. The maximum Gasteiger partial charge on any atom is 0.323 e. The molecule has 0 heterocycles. The first-order valence-electron chi connectivity index (χ1n) is 5.04. The van der Waals surface area contributed by atoms with Crippen LogP contribution in [0.15, 0.2) is 5.11 Å². The Balaban J connectivity index is 3.46. The van der Waals surface area contributed by atoms with Crippen molar-refractivity contribution in [3.05, 3.63) is 10.4 Å². The summed E-state index contributed by atoms with van der Waals surface area (Å²) in [6.45, 7) is 2.03. The van der Waals surface area contributed by atoms with Crippen LogP contribution in [-0.4, -0.2) is 23.2 Å². The zero-order valence-corrected chi connectivity index (χ0v) is 9.02. The van der Waals surface area contributed by atoms with Crippen molar-refractivity contribution in [2.45, 2.75) is 44.6 Å². The highest BCUT2D eigenvalue weighted by molar-refractivity contribution is 5.77. The van der Waals surface area contributed by atoms with E-state index in [9.17, 15) is 4.79 Å². The lowest BCUT2D eigenvalue weighted by atomic mass is 9.95. The predicted molar refractivity (Wildman–Crippen MR) is 57.3 cm³/mol. The predicted octanol–water partition coefficient (Wildman–Crippen LogP) is 2.05. The second-order valence-corrected chi connectivity index (χ2v) is 3.84. The van der Waals surface area contributed by atoms with Crippen molar-refractivity contribution in [3.63, 3.8) is 0 Å². The fourth-order valence-electron chi connectivity index (χ4n) is 1.18. The van der Waals surface area contributed by atoms with E-state index >= 15 is 0 Å². The summed E-state index contributed by atoms with van der Waals surface area (Å²) in [7, 11) is 0. The Morgan fingerprint density at radius 2 is 2.07 bits per heavy atom. The molecule has 0 aromatic heterocycles. The third-order valence-corrected chi connectivity index (χ3v) is 2.26. The van der Waals surface area contributed by atoms with E-state index in [0.29, 0.717) is 13.0 Å². The quantitative estimate of drug-likeness (QED) is 0.279. The van der Waals surface area contributed by atoms with Gasteiger partial charge in [0.2, 0.25) is 0 Å². The molecule has 1 atom stereocenters. The molecule has 0 spiro atoms. The molecule has 0 aliphatic heterocycles. The van der Waals surface area contributed by atoms with Crippen molar-refractivity contribution in [2.24, 2.45) is 10.8 Å².